The number of nitrogens with one attached hydrogen (secondary N) is 2. The van der Waals surface area contributed by atoms with Crippen molar-refractivity contribution in [1.82, 2.24) is 5.32 Å². The molecule has 0 aliphatic carbocycles. The summed E-state index contributed by atoms with van der Waals surface area (Å²) in [5.41, 5.74) is 0.437. The number of rotatable bonds is 6. The van der Waals surface area contributed by atoms with Gasteiger partial charge in [0, 0.05) is 6.07 Å². The third-order valence-electron chi connectivity index (χ3n) is 3.06. The van der Waals surface area contributed by atoms with Gasteiger partial charge >= 0.3 is 12.0 Å². The van der Waals surface area contributed by atoms with E-state index in [1.54, 1.807) is 18.2 Å². The number of carbonyl (C=O) groups is 2. The monoisotopic (exact) mass is 310 g/mol. The van der Waals surface area contributed by atoms with Crippen molar-refractivity contribution in [3.63, 3.8) is 0 Å². The largest absolute Gasteiger partial charge is 0.497 e. The number of urea groups is 1. The minimum atomic E-state index is -0.735. The minimum absolute atomic E-state index is 0.106. The third-order valence-corrected chi connectivity index (χ3v) is 3.06. The summed E-state index contributed by atoms with van der Waals surface area (Å²) >= 11 is 0. The standard InChI is InChI=1S/C15H22N2O5/c1-9(2)13(14(18)22-5)17-15(19)16-11-8-10(20-3)6-7-12(11)21-4/h6-9,13H,1-5H3,(H2,16,17,19). The Balaban J connectivity index is 2.85. The number of benzene rings is 1. The van der Waals surface area contributed by atoms with Crippen molar-refractivity contribution in [2.45, 2.75) is 19.9 Å². The second-order valence-electron chi connectivity index (χ2n) is 4.91. The molecule has 1 atom stereocenters. The van der Waals surface area contributed by atoms with Crippen molar-refractivity contribution < 1.29 is 23.8 Å². The molecule has 22 heavy (non-hydrogen) atoms. The van der Waals surface area contributed by atoms with Crippen LogP contribution in [0.15, 0.2) is 18.2 Å². The zero-order chi connectivity index (χ0) is 16.7. The lowest BCUT2D eigenvalue weighted by molar-refractivity contribution is -0.143. The average Bonchev–Trinajstić information content (AvgIpc) is 2.51. The molecule has 0 heterocycles. The fourth-order valence-corrected chi connectivity index (χ4v) is 1.84. The van der Waals surface area contributed by atoms with Gasteiger partial charge in [-0.2, -0.15) is 0 Å². The topological polar surface area (TPSA) is 85.9 Å². The van der Waals surface area contributed by atoms with E-state index < -0.39 is 18.0 Å². The highest BCUT2D eigenvalue weighted by molar-refractivity contribution is 5.94. The number of hydrogen-bond acceptors (Lipinski definition) is 5. The first-order valence-electron chi connectivity index (χ1n) is 6.80. The molecule has 2 amide bonds. The van der Waals surface area contributed by atoms with Crippen LogP contribution in [-0.4, -0.2) is 39.4 Å². The molecule has 1 aromatic carbocycles. The second kappa shape index (κ2) is 8.11. The van der Waals surface area contributed by atoms with Gasteiger partial charge in [0.05, 0.1) is 27.0 Å². The lowest BCUT2D eigenvalue weighted by atomic mass is 10.1. The minimum Gasteiger partial charge on any atom is -0.497 e. The maximum Gasteiger partial charge on any atom is 0.328 e. The average molecular weight is 310 g/mol. The quantitative estimate of drug-likeness (QED) is 0.785. The molecule has 0 saturated carbocycles. The van der Waals surface area contributed by atoms with E-state index in [2.05, 4.69) is 15.4 Å². The Hall–Kier alpha value is -2.44. The molecule has 1 unspecified atom stereocenters. The van der Waals surface area contributed by atoms with Crippen LogP contribution in [0.4, 0.5) is 10.5 Å². The predicted octanol–water partition coefficient (Wildman–Crippen LogP) is 2.02. The summed E-state index contributed by atoms with van der Waals surface area (Å²) in [4.78, 5) is 23.7. The van der Waals surface area contributed by atoms with Gasteiger partial charge in [0.2, 0.25) is 0 Å². The predicted molar refractivity (Wildman–Crippen MR) is 82.3 cm³/mol. The van der Waals surface area contributed by atoms with E-state index in [-0.39, 0.29) is 5.92 Å². The maximum atomic E-state index is 12.1. The number of amides is 2. The first-order valence-corrected chi connectivity index (χ1v) is 6.80. The van der Waals surface area contributed by atoms with Crippen molar-refractivity contribution in [3.05, 3.63) is 18.2 Å². The van der Waals surface area contributed by atoms with Crippen LogP contribution < -0.4 is 20.1 Å². The molecule has 1 aromatic rings. The van der Waals surface area contributed by atoms with E-state index in [1.807, 2.05) is 13.8 Å². The molecule has 2 N–H and O–H groups in total. The van der Waals surface area contributed by atoms with Crippen LogP contribution in [0, 0.1) is 5.92 Å². The third kappa shape index (κ3) is 4.54. The highest BCUT2D eigenvalue weighted by Gasteiger charge is 2.25. The van der Waals surface area contributed by atoms with E-state index in [9.17, 15) is 9.59 Å². The summed E-state index contributed by atoms with van der Waals surface area (Å²) in [5, 5.41) is 5.22. The number of anilines is 1. The van der Waals surface area contributed by atoms with Gasteiger partial charge in [-0.1, -0.05) is 13.8 Å². The first kappa shape index (κ1) is 17.6. The summed E-state index contributed by atoms with van der Waals surface area (Å²) in [6, 6.07) is 3.75. The molecule has 0 aromatic heterocycles. The van der Waals surface area contributed by atoms with E-state index in [1.165, 1.54) is 21.3 Å². The molecule has 0 fully saturated rings. The lowest BCUT2D eigenvalue weighted by Gasteiger charge is -2.20. The van der Waals surface area contributed by atoms with Crippen molar-refractivity contribution >= 4 is 17.7 Å². The molecule has 122 valence electrons. The summed E-state index contributed by atoms with van der Waals surface area (Å²) in [6.07, 6.45) is 0. The summed E-state index contributed by atoms with van der Waals surface area (Å²) < 4.78 is 15.0. The molecule has 0 saturated heterocycles. The van der Waals surface area contributed by atoms with Crippen molar-refractivity contribution in [2.75, 3.05) is 26.6 Å². The van der Waals surface area contributed by atoms with Crippen LogP contribution in [0.2, 0.25) is 0 Å². The van der Waals surface area contributed by atoms with Crippen molar-refractivity contribution in [2.24, 2.45) is 5.92 Å². The zero-order valence-electron chi connectivity index (χ0n) is 13.4. The summed E-state index contributed by atoms with van der Waals surface area (Å²) in [7, 11) is 4.30. The fraction of sp³-hybridized carbons (Fsp3) is 0.467. The number of carbonyl (C=O) groups excluding carboxylic acids is 2. The smallest absolute Gasteiger partial charge is 0.328 e. The molecular weight excluding hydrogens is 288 g/mol. The summed E-state index contributed by atoms with van der Waals surface area (Å²) in [6.45, 7) is 3.63. The van der Waals surface area contributed by atoms with Gasteiger partial charge < -0.3 is 24.8 Å². The van der Waals surface area contributed by atoms with E-state index in [4.69, 9.17) is 9.47 Å². The maximum absolute atomic E-state index is 12.1. The van der Waals surface area contributed by atoms with Crippen molar-refractivity contribution in [3.8, 4) is 11.5 Å². The molecule has 1 rings (SSSR count). The first-order chi connectivity index (χ1) is 10.4. The Morgan fingerprint density at radius 2 is 1.77 bits per heavy atom. The van der Waals surface area contributed by atoms with Crippen LogP contribution in [0.1, 0.15) is 13.8 Å². The molecule has 7 nitrogen and oxygen atoms in total. The molecule has 0 radical (unpaired) electrons. The number of methoxy groups -OCH3 is 3. The van der Waals surface area contributed by atoms with Crippen LogP contribution in [0.3, 0.4) is 0 Å². The zero-order valence-corrected chi connectivity index (χ0v) is 13.4. The lowest BCUT2D eigenvalue weighted by Crippen LogP contribution is -2.46. The number of hydrogen-bond donors (Lipinski definition) is 2. The van der Waals surface area contributed by atoms with Crippen molar-refractivity contribution in [1.29, 1.82) is 0 Å². The highest BCUT2D eigenvalue weighted by atomic mass is 16.5. The molecule has 0 bridgehead atoms. The van der Waals surface area contributed by atoms with Gasteiger partial charge in [-0.3, -0.25) is 0 Å². The number of ether oxygens (including phenoxy) is 3. The van der Waals surface area contributed by atoms with Gasteiger partial charge in [0.1, 0.15) is 17.5 Å². The SMILES string of the molecule is COC(=O)C(NC(=O)Nc1cc(OC)ccc1OC)C(C)C. The molecule has 0 aliphatic heterocycles. The molecule has 0 spiro atoms. The Morgan fingerprint density at radius 1 is 1.09 bits per heavy atom. The van der Waals surface area contributed by atoms with Crippen LogP contribution in [0.5, 0.6) is 11.5 Å². The van der Waals surface area contributed by atoms with E-state index >= 15 is 0 Å². The van der Waals surface area contributed by atoms with E-state index in [0.717, 1.165) is 0 Å². The van der Waals surface area contributed by atoms with Gasteiger partial charge in [0.15, 0.2) is 0 Å². The normalized spacial score (nSPS) is 11.5. The summed E-state index contributed by atoms with van der Waals surface area (Å²) in [5.74, 6) is 0.452. The fourth-order valence-electron chi connectivity index (χ4n) is 1.84. The molecule has 7 heteroatoms. The van der Waals surface area contributed by atoms with Gasteiger partial charge in [-0.15, -0.1) is 0 Å². The Labute approximate surface area is 129 Å². The van der Waals surface area contributed by atoms with E-state index in [0.29, 0.717) is 17.2 Å². The highest BCUT2D eigenvalue weighted by Crippen LogP contribution is 2.28. The second-order valence-corrected chi connectivity index (χ2v) is 4.91. The Morgan fingerprint density at radius 3 is 2.27 bits per heavy atom. The molecular formula is C15H22N2O5. The van der Waals surface area contributed by atoms with Gasteiger partial charge in [-0.05, 0) is 18.1 Å². The molecule has 0 aliphatic rings. The van der Waals surface area contributed by atoms with Gasteiger partial charge in [0.25, 0.3) is 0 Å². The van der Waals surface area contributed by atoms with Crippen LogP contribution in [0.25, 0.3) is 0 Å². The van der Waals surface area contributed by atoms with Crippen LogP contribution in [-0.2, 0) is 9.53 Å². The number of esters is 1. The Bertz CT molecular complexity index is 531. The van der Waals surface area contributed by atoms with Gasteiger partial charge in [-0.25, -0.2) is 9.59 Å². The van der Waals surface area contributed by atoms with Crippen LogP contribution >= 0.6 is 0 Å². The Kier molecular flexibility index (Phi) is 6.49.